The van der Waals surface area contributed by atoms with Gasteiger partial charge in [0.25, 0.3) is 11.5 Å². The number of ether oxygens (including phenoxy) is 2. The molecule has 0 radical (unpaired) electrons. The van der Waals surface area contributed by atoms with Crippen molar-refractivity contribution >= 4 is 39.9 Å². The zero-order valence-corrected chi connectivity index (χ0v) is 22.6. The number of hydrogen-bond donors (Lipinski definition) is 2. The van der Waals surface area contributed by atoms with Gasteiger partial charge in [0, 0.05) is 23.5 Å². The van der Waals surface area contributed by atoms with Crippen molar-refractivity contribution < 1.29 is 14.3 Å². The molecule has 0 aliphatic carbocycles. The first-order valence-electron chi connectivity index (χ1n) is 12.3. The van der Waals surface area contributed by atoms with E-state index in [1.165, 1.54) is 23.0 Å². The van der Waals surface area contributed by atoms with Crippen LogP contribution in [0.1, 0.15) is 23.2 Å². The highest BCUT2D eigenvalue weighted by Gasteiger charge is 2.22. The predicted molar refractivity (Wildman–Crippen MR) is 149 cm³/mol. The average molecular weight is 535 g/mol. The molecule has 38 heavy (non-hydrogen) atoms. The Bertz CT molecular complexity index is 1530. The summed E-state index contributed by atoms with van der Waals surface area (Å²) in [6, 6.07) is 9.24. The minimum Gasteiger partial charge on any atom is -0.495 e. The number of carbonyl (C=O) groups is 1. The van der Waals surface area contributed by atoms with E-state index in [9.17, 15) is 9.59 Å². The average Bonchev–Trinajstić information content (AvgIpc) is 3.46. The van der Waals surface area contributed by atoms with Crippen molar-refractivity contribution in [3.05, 3.63) is 57.8 Å². The van der Waals surface area contributed by atoms with Gasteiger partial charge in [-0.1, -0.05) is 6.07 Å². The van der Waals surface area contributed by atoms with Crippen LogP contribution in [0, 0.1) is 0 Å². The highest BCUT2D eigenvalue weighted by Crippen LogP contribution is 2.37. The van der Waals surface area contributed by atoms with Gasteiger partial charge in [-0.3, -0.25) is 9.59 Å². The van der Waals surface area contributed by atoms with Gasteiger partial charge in [0.05, 0.1) is 37.2 Å². The first-order valence-corrected chi connectivity index (χ1v) is 13.2. The van der Waals surface area contributed by atoms with Crippen LogP contribution in [0.3, 0.4) is 0 Å². The van der Waals surface area contributed by atoms with Crippen LogP contribution in [0.2, 0.25) is 0 Å². The molecule has 0 spiro atoms. The molecule has 1 amide bonds. The fourth-order valence-corrected chi connectivity index (χ4v) is 5.43. The smallest absolute Gasteiger partial charge is 0.293 e. The zero-order chi connectivity index (χ0) is 26.8. The minimum absolute atomic E-state index is 0.125. The number of methoxy groups -OCH3 is 2. The molecule has 3 aromatic heterocycles. The van der Waals surface area contributed by atoms with Crippen LogP contribution in [0.15, 0.2) is 46.7 Å². The summed E-state index contributed by atoms with van der Waals surface area (Å²) in [6.45, 7) is 1.94. The maximum Gasteiger partial charge on any atom is 0.293 e. The Labute approximate surface area is 224 Å². The summed E-state index contributed by atoms with van der Waals surface area (Å²) in [4.78, 5) is 38.2. The molecule has 5 rings (SSSR count). The fourth-order valence-electron chi connectivity index (χ4n) is 4.66. The number of carbonyl (C=O) groups excluding carboxylic acids is 1. The van der Waals surface area contributed by atoms with Crippen LogP contribution >= 0.6 is 11.3 Å². The number of thiophene rings is 1. The number of nitrogens with zero attached hydrogens (tertiary/aromatic N) is 4. The number of likely N-dealkylation sites (tertiary alicyclic amines) is 1. The van der Waals surface area contributed by atoms with E-state index in [1.807, 2.05) is 17.5 Å². The second-order valence-corrected chi connectivity index (χ2v) is 10.2. The van der Waals surface area contributed by atoms with Crippen LogP contribution in [0.25, 0.3) is 21.5 Å². The standard InChI is InChI=1S/C27H30N6O4S/c1-32-11-9-17(10-12-32)29-25(34)16-7-8-18(20(14-16)36-3)30-27-28-15-19-23(31-27)22(21-6-5-13-38-21)24(37-4)26(35)33(19)2/h5-8,13-15,17H,9-12H2,1-4H3,(H,29,34)(H,28,30,31). The number of rotatable bonds is 7. The number of benzene rings is 1. The highest BCUT2D eigenvalue weighted by molar-refractivity contribution is 7.13. The molecule has 2 N–H and O–H groups in total. The van der Waals surface area contributed by atoms with Crippen molar-refractivity contribution in [2.45, 2.75) is 18.9 Å². The maximum atomic E-state index is 12.9. The quantitative estimate of drug-likeness (QED) is 0.370. The molecule has 1 aliphatic rings. The molecule has 11 heteroatoms. The van der Waals surface area contributed by atoms with Gasteiger partial charge in [-0.25, -0.2) is 9.97 Å². The Morgan fingerprint density at radius 3 is 2.61 bits per heavy atom. The van der Waals surface area contributed by atoms with Crippen molar-refractivity contribution in [2.24, 2.45) is 7.05 Å². The van der Waals surface area contributed by atoms with E-state index in [4.69, 9.17) is 14.5 Å². The Morgan fingerprint density at radius 2 is 1.92 bits per heavy atom. The lowest BCUT2D eigenvalue weighted by Crippen LogP contribution is -2.43. The van der Waals surface area contributed by atoms with Crippen molar-refractivity contribution in [1.29, 1.82) is 0 Å². The summed E-state index contributed by atoms with van der Waals surface area (Å²) in [6.07, 6.45) is 3.48. The van der Waals surface area contributed by atoms with Crippen LogP contribution in [0.4, 0.5) is 11.6 Å². The molecule has 10 nitrogen and oxygen atoms in total. The molecule has 0 saturated carbocycles. The topological polar surface area (TPSA) is 111 Å². The molecular weight excluding hydrogens is 504 g/mol. The Kier molecular flexibility index (Phi) is 7.30. The second-order valence-electron chi connectivity index (χ2n) is 9.27. The van der Waals surface area contributed by atoms with E-state index in [0.717, 1.165) is 30.8 Å². The third-order valence-corrected chi connectivity index (χ3v) is 7.72. The molecule has 1 saturated heterocycles. The molecule has 1 fully saturated rings. The van der Waals surface area contributed by atoms with E-state index < -0.39 is 0 Å². The molecule has 1 aromatic carbocycles. The van der Waals surface area contributed by atoms with Gasteiger partial charge in [-0.2, -0.15) is 0 Å². The van der Waals surface area contributed by atoms with E-state index in [1.54, 1.807) is 38.6 Å². The molecule has 0 unspecified atom stereocenters. The maximum absolute atomic E-state index is 12.9. The lowest BCUT2D eigenvalue weighted by molar-refractivity contribution is 0.0916. The van der Waals surface area contributed by atoms with Gasteiger partial charge >= 0.3 is 0 Å². The van der Waals surface area contributed by atoms with Crippen LogP contribution < -0.4 is 25.7 Å². The first kappa shape index (κ1) is 25.7. The number of aromatic nitrogens is 3. The molecule has 0 bridgehead atoms. The zero-order valence-electron chi connectivity index (χ0n) is 21.8. The third kappa shape index (κ3) is 4.94. The van der Waals surface area contributed by atoms with Crippen molar-refractivity contribution in [3.63, 3.8) is 0 Å². The van der Waals surface area contributed by atoms with Gasteiger partial charge < -0.3 is 29.6 Å². The van der Waals surface area contributed by atoms with Gasteiger partial charge in [0.1, 0.15) is 11.3 Å². The predicted octanol–water partition coefficient (Wildman–Crippen LogP) is 3.64. The number of piperidine rings is 1. The second kappa shape index (κ2) is 10.8. The monoisotopic (exact) mass is 534 g/mol. The van der Waals surface area contributed by atoms with Gasteiger partial charge in [-0.05, 0) is 62.6 Å². The summed E-state index contributed by atoms with van der Waals surface area (Å²) in [5, 5.41) is 8.27. The van der Waals surface area contributed by atoms with E-state index in [2.05, 4.69) is 27.6 Å². The molecule has 198 valence electrons. The third-order valence-electron chi connectivity index (χ3n) is 6.83. The lowest BCUT2D eigenvalue weighted by Gasteiger charge is -2.29. The largest absolute Gasteiger partial charge is 0.495 e. The van der Waals surface area contributed by atoms with Crippen molar-refractivity contribution in [1.82, 2.24) is 24.8 Å². The first-order chi connectivity index (χ1) is 18.4. The number of aryl methyl sites for hydroxylation is 1. The molecule has 4 heterocycles. The lowest BCUT2D eigenvalue weighted by atomic mass is 10.0. The Balaban J connectivity index is 1.46. The fraction of sp³-hybridized carbons (Fsp3) is 0.333. The molecule has 4 aromatic rings. The minimum atomic E-state index is -0.261. The van der Waals surface area contributed by atoms with Gasteiger partial charge in [0.15, 0.2) is 5.75 Å². The van der Waals surface area contributed by atoms with Crippen molar-refractivity contribution in [2.75, 3.05) is 39.7 Å². The van der Waals surface area contributed by atoms with Crippen LogP contribution in [-0.2, 0) is 7.05 Å². The number of amides is 1. The number of pyridine rings is 1. The SMILES string of the molecule is COc1cc(C(=O)NC2CCN(C)CC2)ccc1Nc1ncc2c(n1)c(-c1cccs1)c(OC)c(=O)n2C. The molecular formula is C27H30N6O4S. The van der Waals surface area contributed by atoms with Crippen LogP contribution in [0.5, 0.6) is 11.5 Å². The van der Waals surface area contributed by atoms with Crippen LogP contribution in [-0.4, -0.2) is 65.7 Å². The number of hydrogen-bond acceptors (Lipinski definition) is 9. The van der Waals surface area contributed by atoms with Gasteiger partial charge in [0.2, 0.25) is 5.95 Å². The van der Waals surface area contributed by atoms with Gasteiger partial charge in [-0.15, -0.1) is 11.3 Å². The summed E-state index contributed by atoms with van der Waals surface area (Å²) < 4.78 is 12.6. The normalized spacial score (nSPS) is 14.4. The number of fused-ring (bicyclic) bond motifs is 1. The summed E-state index contributed by atoms with van der Waals surface area (Å²) in [5.41, 5.74) is 2.65. The number of anilines is 2. The molecule has 0 atom stereocenters. The summed E-state index contributed by atoms with van der Waals surface area (Å²) >= 11 is 1.50. The summed E-state index contributed by atoms with van der Waals surface area (Å²) in [7, 11) is 6.79. The van der Waals surface area contributed by atoms with E-state index in [0.29, 0.717) is 39.5 Å². The highest BCUT2D eigenvalue weighted by atomic mass is 32.1. The van der Waals surface area contributed by atoms with E-state index in [-0.39, 0.29) is 23.3 Å². The Morgan fingerprint density at radius 1 is 1.13 bits per heavy atom. The number of nitrogens with one attached hydrogen (secondary N) is 2. The Hall–Kier alpha value is -3.96. The molecule has 1 aliphatic heterocycles. The summed E-state index contributed by atoms with van der Waals surface area (Å²) in [5.74, 6) is 0.906. The van der Waals surface area contributed by atoms with E-state index >= 15 is 0 Å². The van der Waals surface area contributed by atoms with Crippen molar-refractivity contribution in [3.8, 4) is 21.9 Å².